The number of primary amides is 1. The summed E-state index contributed by atoms with van der Waals surface area (Å²) in [5, 5.41) is 2.84. The van der Waals surface area contributed by atoms with Crippen LogP contribution in [0.4, 0.5) is 0 Å². The number of hydrogen-bond acceptors (Lipinski definition) is 2. The molecule has 2 aliphatic carbocycles. The predicted molar refractivity (Wildman–Crippen MR) is 65.0 cm³/mol. The van der Waals surface area contributed by atoms with E-state index in [0.29, 0.717) is 5.92 Å². The molecule has 2 amide bonds. The summed E-state index contributed by atoms with van der Waals surface area (Å²) in [6.07, 6.45) is 8.47. The van der Waals surface area contributed by atoms with Gasteiger partial charge in [-0.25, -0.2) is 0 Å². The van der Waals surface area contributed by atoms with Gasteiger partial charge in [0.2, 0.25) is 11.8 Å². The third-order valence-electron chi connectivity index (χ3n) is 3.90. The smallest absolute Gasteiger partial charge is 0.240 e. The summed E-state index contributed by atoms with van der Waals surface area (Å²) in [7, 11) is 0. The van der Waals surface area contributed by atoms with Gasteiger partial charge < -0.3 is 11.1 Å². The highest BCUT2D eigenvalue weighted by Gasteiger charge is 2.31. The molecule has 2 aliphatic rings. The van der Waals surface area contributed by atoms with E-state index in [1.54, 1.807) is 0 Å². The van der Waals surface area contributed by atoms with E-state index < -0.39 is 6.04 Å². The molecule has 2 fully saturated rings. The van der Waals surface area contributed by atoms with E-state index in [2.05, 4.69) is 5.32 Å². The van der Waals surface area contributed by atoms with Crippen molar-refractivity contribution in [3.05, 3.63) is 0 Å². The Labute approximate surface area is 102 Å². The lowest BCUT2D eigenvalue weighted by Gasteiger charge is -2.23. The van der Waals surface area contributed by atoms with E-state index in [9.17, 15) is 9.59 Å². The summed E-state index contributed by atoms with van der Waals surface area (Å²) < 4.78 is 0. The summed E-state index contributed by atoms with van der Waals surface area (Å²) in [5.41, 5.74) is 5.34. The minimum atomic E-state index is -0.447. The van der Waals surface area contributed by atoms with Gasteiger partial charge in [0.05, 0.1) is 0 Å². The molecule has 0 heterocycles. The molecule has 0 unspecified atom stereocenters. The quantitative estimate of drug-likeness (QED) is 0.758. The van der Waals surface area contributed by atoms with Gasteiger partial charge in [-0.15, -0.1) is 0 Å². The van der Waals surface area contributed by atoms with Gasteiger partial charge >= 0.3 is 0 Å². The standard InChI is InChI=1S/C13H22N2O2/c14-12(16)11(8-9-6-7-9)15-13(17)10-4-2-1-3-5-10/h9-11H,1-8H2,(H2,14,16)(H,15,17)/t11-/m1/s1. The molecule has 0 aromatic heterocycles. The summed E-state index contributed by atoms with van der Waals surface area (Å²) in [5.74, 6) is 0.346. The fourth-order valence-electron chi connectivity index (χ4n) is 2.59. The number of rotatable bonds is 5. The van der Waals surface area contributed by atoms with Crippen LogP contribution in [0.2, 0.25) is 0 Å². The maximum Gasteiger partial charge on any atom is 0.240 e. The van der Waals surface area contributed by atoms with Crippen LogP contribution in [-0.2, 0) is 9.59 Å². The summed E-state index contributed by atoms with van der Waals surface area (Å²) in [6.45, 7) is 0. The number of amides is 2. The van der Waals surface area contributed by atoms with Crippen molar-refractivity contribution < 1.29 is 9.59 Å². The van der Waals surface area contributed by atoms with Gasteiger partial charge in [-0.2, -0.15) is 0 Å². The third-order valence-corrected chi connectivity index (χ3v) is 3.90. The van der Waals surface area contributed by atoms with Crippen LogP contribution in [0, 0.1) is 11.8 Å². The van der Waals surface area contributed by atoms with Gasteiger partial charge in [-0.3, -0.25) is 9.59 Å². The van der Waals surface area contributed by atoms with Crippen molar-refractivity contribution in [3.8, 4) is 0 Å². The van der Waals surface area contributed by atoms with Crippen molar-refractivity contribution in [2.24, 2.45) is 17.6 Å². The van der Waals surface area contributed by atoms with Crippen LogP contribution in [0.5, 0.6) is 0 Å². The zero-order valence-electron chi connectivity index (χ0n) is 10.3. The lowest BCUT2D eigenvalue weighted by atomic mass is 9.88. The first-order valence-electron chi connectivity index (χ1n) is 6.76. The molecule has 96 valence electrons. The van der Waals surface area contributed by atoms with Crippen LogP contribution in [0.3, 0.4) is 0 Å². The average molecular weight is 238 g/mol. The first-order valence-corrected chi connectivity index (χ1v) is 6.76. The van der Waals surface area contributed by atoms with Crippen LogP contribution in [0.15, 0.2) is 0 Å². The van der Waals surface area contributed by atoms with Crippen molar-refractivity contribution in [2.45, 2.75) is 57.4 Å². The van der Waals surface area contributed by atoms with E-state index in [1.807, 2.05) is 0 Å². The van der Waals surface area contributed by atoms with Crippen molar-refractivity contribution >= 4 is 11.8 Å². The number of carbonyl (C=O) groups is 2. The van der Waals surface area contributed by atoms with Crippen molar-refractivity contribution in [1.29, 1.82) is 0 Å². The Morgan fingerprint density at radius 1 is 1.12 bits per heavy atom. The highest BCUT2D eigenvalue weighted by Crippen LogP contribution is 2.33. The molecule has 4 nitrogen and oxygen atoms in total. The SMILES string of the molecule is NC(=O)[C@@H](CC1CC1)NC(=O)C1CCCCC1. The van der Waals surface area contributed by atoms with Gasteiger partial charge in [0.1, 0.15) is 6.04 Å². The van der Waals surface area contributed by atoms with Crippen molar-refractivity contribution in [2.75, 3.05) is 0 Å². The van der Waals surface area contributed by atoms with Crippen molar-refractivity contribution in [1.82, 2.24) is 5.32 Å². The predicted octanol–water partition coefficient (Wildman–Crippen LogP) is 1.34. The Morgan fingerprint density at radius 3 is 2.29 bits per heavy atom. The summed E-state index contributed by atoms with van der Waals surface area (Å²) >= 11 is 0. The van der Waals surface area contributed by atoms with Gasteiger partial charge in [0.25, 0.3) is 0 Å². The molecule has 0 bridgehead atoms. The molecule has 2 rings (SSSR count). The minimum Gasteiger partial charge on any atom is -0.368 e. The third kappa shape index (κ3) is 3.72. The lowest BCUT2D eigenvalue weighted by Crippen LogP contribution is -2.47. The van der Waals surface area contributed by atoms with E-state index in [-0.39, 0.29) is 17.7 Å². The van der Waals surface area contributed by atoms with Crippen LogP contribution < -0.4 is 11.1 Å². The topological polar surface area (TPSA) is 72.2 Å². The first-order chi connectivity index (χ1) is 8.16. The minimum absolute atomic E-state index is 0.0363. The molecule has 0 saturated heterocycles. The second-order valence-corrected chi connectivity index (χ2v) is 5.48. The maximum absolute atomic E-state index is 12.0. The van der Waals surface area contributed by atoms with E-state index in [4.69, 9.17) is 5.73 Å². The molecule has 1 atom stereocenters. The molecule has 3 N–H and O–H groups in total. The fourth-order valence-corrected chi connectivity index (χ4v) is 2.59. The van der Waals surface area contributed by atoms with Gasteiger partial charge in [0.15, 0.2) is 0 Å². The monoisotopic (exact) mass is 238 g/mol. The molecule has 0 aromatic rings. The molecule has 17 heavy (non-hydrogen) atoms. The Kier molecular flexibility index (Phi) is 4.02. The summed E-state index contributed by atoms with van der Waals surface area (Å²) in [6, 6.07) is -0.447. The average Bonchev–Trinajstić information content (AvgIpc) is 3.13. The summed E-state index contributed by atoms with van der Waals surface area (Å²) in [4.78, 5) is 23.3. The molecular weight excluding hydrogens is 216 g/mol. The highest BCUT2D eigenvalue weighted by atomic mass is 16.2. The molecule has 0 aromatic carbocycles. The van der Waals surface area contributed by atoms with Crippen LogP contribution in [0.25, 0.3) is 0 Å². The van der Waals surface area contributed by atoms with E-state index >= 15 is 0 Å². The van der Waals surface area contributed by atoms with Gasteiger partial charge in [-0.05, 0) is 25.2 Å². The maximum atomic E-state index is 12.0. The Balaban J connectivity index is 1.82. The molecule has 2 saturated carbocycles. The number of carbonyl (C=O) groups excluding carboxylic acids is 2. The Hall–Kier alpha value is -1.06. The normalized spacial score (nSPS) is 23.1. The van der Waals surface area contributed by atoms with Gasteiger partial charge in [0, 0.05) is 5.92 Å². The molecule has 0 spiro atoms. The van der Waals surface area contributed by atoms with Crippen LogP contribution >= 0.6 is 0 Å². The fraction of sp³-hybridized carbons (Fsp3) is 0.846. The lowest BCUT2D eigenvalue weighted by molar-refractivity contribution is -0.130. The van der Waals surface area contributed by atoms with Gasteiger partial charge in [-0.1, -0.05) is 32.1 Å². The largest absolute Gasteiger partial charge is 0.368 e. The zero-order valence-corrected chi connectivity index (χ0v) is 10.3. The first kappa shape index (κ1) is 12.4. The van der Waals surface area contributed by atoms with Crippen molar-refractivity contribution in [3.63, 3.8) is 0 Å². The zero-order chi connectivity index (χ0) is 12.3. The molecule has 4 heteroatoms. The number of nitrogens with two attached hydrogens (primary N) is 1. The Bertz CT molecular complexity index is 294. The molecular formula is C13H22N2O2. The number of nitrogens with one attached hydrogen (secondary N) is 1. The number of hydrogen-bond donors (Lipinski definition) is 2. The van der Waals surface area contributed by atoms with E-state index in [1.165, 1.54) is 19.3 Å². The molecule has 0 radical (unpaired) electrons. The van der Waals surface area contributed by atoms with Crippen LogP contribution in [0.1, 0.15) is 51.4 Å². The van der Waals surface area contributed by atoms with E-state index in [0.717, 1.165) is 32.1 Å². The highest BCUT2D eigenvalue weighted by molar-refractivity contribution is 5.87. The molecule has 0 aliphatic heterocycles. The Morgan fingerprint density at radius 2 is 1.76 bits per heavy atom. The second-order valence-electron chi connectivity index (χ2n) is 5.48. The second kappa shape index (κ2) is 5.52. The van der Waals surface area contributed by atoms with Crippen LogP contribution in [-0.4, -0.2) is 17.9 Å².